The molecule has 0 heterocycles. The Morgan fingerprint density at radius 1 is 0.923 bits per heavy atom. The molecule has 0 fully saturated rings. The Kier molecular flexibility index (Phi) is 2.62. The van der Waals surface area contributed by atoms with Crippen molar-refractivity contribution in [1.82, 2.24) is 0 Å². The smallest absolute Gasteiger partial charge is 0.0316 e. The summed E-state index contributed by atoms with van der Waals surface area (Å²) in [4.78, 5) is 0. The molecule has 0 saturated carbocycles. The first-order chi connectivity index (χ1) is 6.36. The summed E-state index contributed by atoms with van der Waals surface area (Å²) < 4.78 is 0. The average molecular weight is 175 g/mol. The van der Waals surface area contributed by atoms with Gasteiger partial charge in [0.15, 0.2) is 0 Å². The van der Waals surface area contributed by atoms with E-state index in [-0.39, 0.29) is 0 Å². The van der Waals surface area contributed by atoms with Gasteiger partial charge in [0.05, 0.1) is 0 Å². The monoisotopic (exact) mass is 175 g/mol. The first-order valence-electron chi connectivity index (χ1n) is 5.33. The van der Waals surface area contributed by atoms with Crippen molar-refractivity contribution in [2.45, 2.75) is 44.9 Å². The van der Waals surface area contributed by atoms with E-state index in [0.29, 0.717) is 0 Å². The highest BCUT2D eigenvalue weighted by atomic mass is 14.4. The lowest BCUT2D eigenvalue weighted by Crippen LogP contribution is -2.05. The van der Waals surface area contributed by atoms with Crippen LogP contribution in [0.15, 0.2) is 23.3 Å². The number of hydrogen-bond acceptors (Lipinski definition) is 1. The fourth-order valence-electron chi connectivity index (χ4n) is 2.21. The summed E-state index contributed by atoms with van der Waals surface area (Å²) in [7, 11) is 0. The molecule has 70 valence electrons. The molecule has 13 heavy (non-hydrogen) atoms. The molecule has 0 saturated heterocycles. The van der Waals surface area contributed by atoms with Crippen LogP contribution in [0.5, 0.6) is 0 Å². The Labute approximate surface area is 80.0 Å². The van der Waals surface area contributed by atoms with Gasteiger partial charge in [-0.2, -0.15) is 0 Å². The topological polar surface area (TPSA) is 23.9 Å². The van der Waals surface area contributed by atoms with Crippen molar-refractivity contribution in [3.05, 3.63) is 23.3 Å². The lowest BCUT2D eigenvalue weighted by Gasteiger charge is -2.19. The standard InChI is InChI=1S/C12H17N/c13-12-8-4-7-11(9-12)10-5-2-1-3-6-10/h5,9,13H,1-4,6-8H2. The third kappa shape index (κ3) is 2.09. The predicted octanol–water partition coefficient (Wildman–Crippen LogP) is 3.62. The molecule has 1 heteroatoms. The van der Waals surface area contributed by atoms with Crippen molar-refractivity contribution in [2.75, 3.05) is 0 Å². The van der Waals surface area contributed by atoms with Crippen LogP contribution in [0.3, 0.4) is 0 Å². The minimum absolute atomic E-state index is 0.827. The molecule has 1 N–H and O–H groups in total. The molecule has 0 unspecified atom stereocenters. The zero-order chi connectivity index (χ0) is 9.10. The lowest BCUT2D eigenvalue weighted by molar-refractivity contribution is 0.693. The maximum atomic E-state index is 7.63. The highest BCUT2D eigenvalue weighted by molar-refractivity contribution is 5.94. The number of rotatable bonds is 1. The molecule has 0 spiro atoms. The summed E-state index contributed by atoms with van der Waals surface area (Å²) in [6, 6.07) is 0. The van der Waals surface area contributed by atoms with Gasteiger partial charge in [0.25, 0.3) is 0 Å². The van der Waals surface area contributed by atoms with E-state index in [4.69, 9.17) is 5.41 Å². The summed E-state index contributed by atoms with van der Waals surface area (Å²) in [5.41, 5.74) is 3.82. The van der Waals surface area contributed by atoms with Crippen LogP contribution in [0, 0.1) is 5.41 Å². The van der Waals surface area contributed by atoms with Gasteiger partial charge in [0, 0.05) is 5.71 Å². The largest absolute Gasteiger partial charge is 0.305 e. The third-order valence-electron chi connectivity index (χ3n) is 2.94. The molecule has 0 aromatic carbocycles. The quantitative estimate of drug-likeness (QED) is 0.629. The molecular weight excluding hydrogens is 158 g/mol. The second kappa shape index (κ2) is 3.91. The summed E-state index contributed by atoms with van der Waals surface area (Å²) in [6.45, 7) is 0. The van der Waals surface area contributed by atoms with Gasteiger partial charge >= 0.3 is 0 Å². The number of hydrogen-bond donors (Lipinski definition) is 1. The van der Waals surface area contributed by atoms with E-state index in [1.165, 1.54) is 49.7 Å². The van der Waals surface area contributed by atoms with Crippen molar-refractivity contribution in [3.63, 3.8) is 0 Å². The van der Waals surface area contributed by atoms with Crippen LogP contribution in [0.2, 0.25) is 0 Å². The van der Waals surface area contributed by atoms with Crippen molar-refractivity contribution in [2.24, 2.45) is 0 Å². The van der Waals surface area contributed by atoms with Gasteiger partial charge in [0.2, 0.25) is 0 Å². The molecule has 0 aromatic rings. The van der Waals surface area contributed by atoms with Crippen molar-refractivity contribution in [3.8, 4) is 0 Å². The van der Waals surface area contributed by atoms with Gasteiger partial charge in [-0.25, -0.2) is 0 Å². The highest BCUT2D eigenvalue weighted by Crippen LogP contribution is 2.29. The molecule has 0 amide bonds. The van der Waals surface area contributed by atoms with Crippen LogP contribution >= 0.6 is 0 Å². The van der Waals surface area contributed by atoms with Crippen LogP contribution < -0.4 is 0 Å². The molecule has 0 aliphatic heterocycles. The zero-order valence-electron chi connectivity index (χ0n) is 8.10. The molecule has 2 aliphatic rings. The van der Waals surface area contributed by atoms with Crippen LogP contribution in [0.25, 0.3) is 0 Å². The van der Waals surface area contributed by atoms with Crippen molar-refractivity contribution in [1.29, 1.82) is 5.41 Å². The van der Waals surface area contributed by atoms with E-state index < -0.39 is 0 Å². The average Bonchev–Trinajstić information content (AvgIpc) is 2.19. The number of nitrogens with one attached hydrogen (secondary N) is 1. The van der Waals surface area contributed by atoms with E-state index in [9.17, 15) is 0 Å². The Hall–Kier alpha value is -0.850. The molecule has 0 bridgehead atoms. The van der Waals surface area contributed by atoms with E-state index in [1.54, 1.807) is 0 Å². The first-order valence-corrected chi connectivity index (χ1v) is 5.33. The van der Waals surface area contributed by atoms with Crippen LogP contribution in [-0.2, 0) is 0 Å². The van der Waals surface area contributed by atoms with Gasteiger partial charge in [-0.3, -0.25) is 0 Å². The van der Waals surface area contributed by atoms with Crippen molar-refractivity contribution < 1.29 is 0 Å². The Balaban J connectivity index is 2.14. The minimum Gasteiger partial charge on any atom is -0.305 e. The second-order valence-electron chi connectivity index (χ2n) is 4.02. The Morgan fingerprint density at radius 3 is 2.46 bits per heavy atom. The fourth-order valence-corrected chi connectivity index (χ4v) is 2.21. The maximum Gasteiger partial charge on any atom is 0.0316 e. The van der Waals surface area contributed by atoms with Gasteiger partial charge in [0.1, 0.15) is 0 Å². The fraction of sp³-hybridized carbons (Fsp3) is 0.583. The Bertz CT molecular complexity index is 271. The second-order valence-corrected chi connectivity index (χ2v) is 4.02. The minimum atomic E-state index is 0.827. The zero-order valence-corrected chi connectivity index (χ0v) is 8.10. The third-order valence-corrected chi connectivity index (χ3v) is 2.94. The SMILES string of the molecule is N=C1C=C(C2=CCCCC2)CCC1. The normalized spacial score (nSPS) is 23.8. The Morgan fingerprint density at radius 2 is 1.77 bits per heavy atom. The van der Waals surface area contributed by atoms with Crippen LogP contribution in [-0.4, -0.2) is 5.71 Å². The van der Waals surface area contributed by atoms with E-state index in [0.717, 1.165) is 12.1 Å². The lowest BCUT2D eigenvalue weighted by atomic mass is 9.87. The molecule has 1 nitrogen and oxygen atoms in total. The van der Waals surface area contributed by atoms with Gasteiger partial charge in [-0.15, -0.1) is 0 Å². The molecule has 2 aliphatic carbocycles. The van der Waals surface area contributed by atoms with Crippen molar-refractivity contribution >= 4 is 5.71 Å². The highest BCUT2D eigenvalue weighted by Gasteiger charge is 2.12. The van der Waals surface area contributed by atoms with Gasteiger partial charge in [-0.1, -0.05) is 6.08 Å². The summed E-state index contributed by atoms with van der Waals surface area (Å²) in [5, 5.41) is 7.63. The summed E-state index contributed by atoms with van der Waals surface area (Å²) in [5.74, 6) is 0. The van der Waals surface area contributed by atoms with E-state index in [2.05, 4.69) is 12.2 Å². The predicted molar refractivity (Wildman–Crippen MR) is 56.2 cm³/mol. The van der Waals surface area contributed by atoms with Crippen LogP contribution in [0.1, 0.15) is 44.9 Å². The molecule has 0 radical (unpaired) electrons. The summed E-state index contributed by atoms with van der Waals surface area (Å²) in [6.07, 6.45) is 13.0. The van der Waals surface area contributed by atoms with E-state index >= 15 is 0 Å². The maximum absolute atomic E-state index is 7.63. The molecular formula is C12H17N. The van der Waals surface area contributed by atoms with Gasteiger partial charge in [-0.05, 0) is 62.2 Å². The van der Waals surface area contributed by atoms with E-state index in [1.807, 2.05) is 0 Å². The first kappa shape index (κ1) is 8.74. The summed E-state index contributed by atoms with van der Waals surface area (Å²) >= 11 is 0. The number of allylic oxidation sites excluding steroid dienone is 4. The van der Waals surface area contributed by atoms with Gasteiger partial charge < -0.3 is 5.41 Å². The van der Waals surface area contributed by atoms with Crippen LogP contribution in [0.4, 0.5) is 0 Å². The molecule has 0 aromatic heterocycles. The molecule has 0 atom stereocenters. The molecule has 2 rings (SSSR count).